The highest BCUT2D eigenvalue weighted by Crippen LogP contribution is 2.25. The Hall–Kier alpha value is -2.62. The summed E-state index contributed by atoms with van der Waals surface area (Å²) in [7, 11) is 1.97. The summed E-state index contributed by atoms with van der Waals surface area (Å²) >= 11 is 0. The van der Waals surface area contributed by atoms with Gasteiger partial charge in [0.25, 0.3) is 0 Å². The van der Waals surface area contributed by atoms with Gasteiger partial charge in [-0.15, -0.1) is 0 Å². The third-order valence-electron chi connectivity index (χ3n) is 4.08. The summed E-state index contributed by atoms with van der Waals surface area (Å²) in [5.74, 6) is -0.305. The zero-order valence-corrected chi connectivity index (χ0v) is 14.7. The first-order valence-corrected chi connectivity index (χ1v) is 8.08. The van der Waals surface area contributed by atoms with Crippen LogP contribution in [0.4, 0.5) is 5.69 Å². The van der Waals surface area contributed by atoms with Crippen molar-refractivity contribution in [1.82, 2.24) is 4.90 Å². The molecule has 0 saturated carbocycles. The van der Waals surface area contributed by atoms with Crippen LogP contribution in [0, 0.1) is 13.8 Å². The van der Waals surface area contributed by atoms with Crippen molar-refractivity contribution in [3.8, 4) is 0 Å². The van der Waals surface area contributed by atoms with E-state index in [1.54, 1.807) is 12.4 Å². The molecule has 0 aliphatic heterocycles. The zero-order valence-electron chi connectivity index (χ0n) is 14.7. The lowest BCUT2D eigenvalue weighted by molar-refractivity contribution is 0.0472. The smallest absolute Gasteiger partial charge is 0.338 e. The van der Waals surface area contributed by atoms with E-state index in [0.29, 0.717) is 5.56 Å². The Morgan fingerprint density at radius 2 is 1.83 bits per heavy atom. The summed E-state index contributed by atoms with van der Waals surface area (Å²) in [5, 5.41) is 0. The van der Waals surface area contributed by atoms with E-state index in [9.17, 15) is 4.79 Å². The van der Waals surface area contributed by atoms with Crippen molar-refractivity contribution in [2.24, 2.45) is 4.99 Å². The predicted octanol–water partition coefficient (Wildman–Crippen LogP) is 4.27. The van der Waals surface area contributed by atoms with Crippen LogP contribution in [0.15, 0.2) is 47.5 Å². The second kappa shape index (κ2) is 8.29. The predicted molar refractivity (Wildman–Crippen MR) is 97.9 cm³/mol. The van der Waals surface area contributed by atoms with Gasteiger partial charge in [-0.05, 0) is 49.6 Å². The highest BCUT2D eigenvalue weighted by atomic mass is 16.5. The Labute approximate surface area is 143 Å². The lowest BCUT2D eigenvalue weighted by Gasteiger charge is -2.12. The van der Waals surface area contributed by atoms with Gasteiger partial charge in [0, 0.05) is 13.6 Å². The number of carbonyl (C=O) groups excluding carboxylic acids is 1. The van der Waals surface area contributed by atoms with E-state index < -0.39 is 0 Å². The molecule has 0 heterocycles. The van der Waals surface area contributed by atoms with Crippen molar-refractivity contribution >= 4 is 18.0 Å². The lowest BCUT2D eigenvalue weighted by atomic mass is 10.0. The number of rotatable bonds is 6. The molecule has 0 unspecified atom stereocenters. The quantitative estimate of drug-likeness (QED) is 0.453. The highest BCUT2D eigenvalue weighted by molar-refractivity contribution is 5.92. The summed E-state index contributed by atoms with van der Waals surface area (Å²) in [5.41, 5.74) is 4.33. The molecule has 0 aromatic heterocycles. The van der Waals surface area contributed by atoms with E-state index in [1.165, 1.54) is 0 Å². The molecule has 0 bridgehead atoms. The van der Waals surface area contributed by atoms with E-state index in [1.807, 2.05) is 62.2 Å². The molecule has 0 N–H and O–H groups in total. The molecule has 0 saturated heterocycles. The maximum absolute atomic E-state index is 12.3. The van der Waals surface area contributed by atoms with Crippen molar-refractivity contribution in [1.29, 1.82) is 0 Å². The van der Waals surface area contributed by atoms with Gasteiger partial charge in [0.2, 0.25) is 0 Å². The fourth-order valence-corrected chi connectivity index (χ4v) is 2.21. The van der Waals surface area contributed by atoms with Crippen LogP contribution in [0.2, 0.25) is 0 Å². The van der Waals surface area contributed by atoms with Crippen molar-refractivity contribution in [3.05, 3.63) is 64.7 Å². The van der Waals surface area contributed by atoms with E-state index in [4.69, 9.17) is 4.74 Å². The van der Waals surface area contributed by atoms with Crippen molar-refractivity contribution in [2.75, 3.05) is 13.6 Å². The summed E-state index contributed by atoms with van der Waals surface area (Å²) in [4.78, 5) is 18.8. The molecule has 2 rings (SSSR count). The molecule has 0 fully saturated rings. The first kappa shape index (κ1) is 17.7. The van der Waals surface area contributed by atoms with Gasteiger partial charge in [-0.1, -0.05) is 30.3 Å². The molecule has 0 radical (unpaired) electrons. The van der Waals surface area contributed by atoms with Crippen LogP contribution in [0.3, 0.4) is 0 Å². The Morgan fingerprint density at radius 1 is 1.12 bits per heavy atom. The molecule has 2 aromatic rings. The molecule has 4 nitrogen and oxygen atoms in total. The van der Waals surface area contributed by atoms with E-state index in [0.717, 1.165) is 28.9 Å². The van der Waals surface area contributed by atoms with Gasteiger partial charge < -0.3 is 9.64 Å². The molecule has 0 spiro atoms. The van der Waals surface area contributed by atoms with Gasteiger partial charge in [0.1, 0.15) is 6.61 Å². The number of hydrogen-bond acceptors (Lipinski definition) is 3. The number of aliphatic imine (C=N–C) groups is 1. The number of hydrogen-bond donors (Lipinski definition) is 0. The summed E-state index contributed by atoms with van der Waals surface area (Å²) in [6.45, 7) is 7.14. The van der Waals surface area contributed by atoms with Crippen LogP contribution in [0.25, 0.3) is 0 Å². The van der Waals surface area contributed by atoms with Gasteiger partial charge in [0.05, 0.1) is 17.6 Å². The van der Waals surface area contributed by atoms with E-state index >= 15 is 0 Å². The summed E-state index contributed by atoms with van der Waals surface area (Å²) in [6.07, 6.45) is 1.80. The van der Waals surface area contributed by atoms with Crippen molar-refractivity contribution in [2.45, 2.75) is 27.4 Å². The van der Waals surface area contributed by atoms with Gasteiger partial charge >= 0.3 is 5.97 Å². The van der Waals surface area contributed by atoms with Gasteiger partial charge in [-0.2, -0.15) is 0 Å². The van der Waals surface area contributed by atoms with Gasteiger partial charge in [-0.25, -0.2) is 9.79 Å². The summed E-state index contributed by atoms with van der Waals surface area (Å²) < 4.78 is 5.42. The van der Waals surface area contributed by atoms with Gasteiger partial charge in [-0.3, -0.25) is 0 Å². The maximum atomic E-state index is 12.3. The Morgan fingerprint density at radius 3 is 2.50 bits per heavy atom. The van der Waals surface area contributed by atoms with Crippen LogP contribution in [-0.4, -0.2) is 30.8 Å². The summed E-state index contributed by atoms with van der Waals surface area (Å²) in [6, 6.07) is 13.3. The normalized spacial score (nSPS) is 10.8. The number of benzene rings is 2. The average molecular weight is 324 g/mol. The standard InChI is InChI=1S/C20H24N2O2/c1-5-22(4)14-21-19-12-11-18(15(2)16(19)3)20(23)24-13-17-9-7-6-8-10-17/h6-12,14H,5,13H2,1-4H3/b21-14+. The van der Waals surface area contributed by atoms with E-state index in [2.05, 4.69) is 11.9 Å². The van der Waals surface area contributed by atoms with Gasteiger partial charge in [0.15, 0.2) is 0 Å². The number of nitrogens with zero attached hydrogens (tertiary/aromatic N) is 2. The van der Waals surface area contributed by atoms with Crippen LogP contribution in [0.1, 0.15) is 34.0 Å². The fourth-order valence-electron chi connectivity index (χ4n) is 2.21. The number of ether oxygens (including phenoxy) is 1. The van der Waals surface area contributed by atoms with Crippen LogP contribution < -0.4 is 0 Å². The molecule has 2 aromatic carbocycles. The first-order chi connectivity index (χ1) is 11.5. The lowest BCUT2D eigenvalue weighted by Crippen LogP contribution is -2.14. The molecule has 126 valence electrons. The monoisotopic (exact) mass is 324 g/mol. The molecule has 0 aliphatic rings. The minimum absolute atomic E-state index is 0.277. The number of carbonyl (C=O) groups is 1. The third kappa shape index (κ3) is 4.44. The average Bonchev–Trinajstić information content (AvgIpc) is 2.61. The van der Waals surface area contributed by atoms with Crippen LogP contribution >= 0.6 is 0 Å². The second-order valence-corrected chi connectivity index (χ2v) is 5.76. The molecule has 0 amide bonds. The largest absolute Gasteiger partial charge is 0.457 e. The molecule has 0 atom stereocenters. The van der Waals surface area contributed by atoms with E-state index in [-0.39, 0.29) is 12.6 Å². The Balaban J connectivity index is 2.12. The Kier molecular flexibility index (Phi) is 6.13. The number of esters is 1. The maximum Gasteiger partial charge on any atom is 0.338 e. The molecule has 24 heavy (non-hydrogen) atoms. The van der Waals surface area contributed by atoms with Crippen LogP contribution in [-0.2, 0) is 11.3 Å². The Bertz CT molecular complexity index is 724. The molecular weight excluding hydrogens is 300 g/mol. The first-order valence-electron chi connectivity index (χ1n) is 8.08. The molecular formula is C20H24N2O2. The second-order valence-electron chi connectivity index (χ2n) is 5.76. The third-order valence-corrected chi connectivity index (χ3v) is 4.08. The minimum atomic E-state index is -0.305. The zero-order chi connectivity index (χ0) is 17.5. The highest BCUT2D eigenvalue weighted by Gasteiger charge is 2.14. The molecule has 4 heteroatoms. The molecule has 0 aliphatic carbocycles. The SMILES string of the molecule is CCN(C)/C=N/c1ccc(C(=O)OCc2ccccc2)c(C)c1C. The topological polar surface area (TPSA) is 41.9 Å². The fraction of sp³-hybridized carbons (Fsp3) is 0.300. The minimum Gasteiger partial charge on any atom is -0.457 e. The van der Waals surface area contributed by atoms with Crippen LogP contribution in [0.5, 0.6) is 0 Å². The van der Waals surface area contributed by atoms with Crippen molar-refractivity contribution < 1.29 is 9.53 Å². The van der Waals surface area contributed by atoms with Crippen molar-refractivity contribution in [3.63, 3.8) is 0 Å².